The fourth-order valence-corrected chi connectivity index (χ4v) is 7.39. The number of aryl methyl sites for hydroxylation is 1. The van der Waals surface area contributed by atoms with Crippen molar-refractivity contribution in [1.29, 1.82) is 5.41 Å². The van der Waals surface area contributed by atoms with Crippen molar-refractivity contribution in [1.82, 2.24) is 20.3 Å². The Hall–Kier alpha value is -4.50. The maximum absolute atomic E-state index is 13.9. The Bertz CT molecular complexity index is 1620. The maximum atomic E-state index is 13.9. The minimum absolute atomic E-state index is 0.00838. The number of methoxy groups -OCH3 is 1. The van der Waals surface area contributed by atoms with E-state index in [1.807, 2.05) is 0 Å². The molecule has 7 N–H and O–H groups in total. The Morgan fingerprint density at radius 2 is 1.67 bits per heavy atom. The second-order valence-corrected chi connectivity index (χ2v) is 13.6. The molecule has 1 aliphatic rings. The first-order valence-electron chi connectivity index (χ1n) is 15.8. The van der Waals surface area contributed by atoms with Crippen LogP contribution in [0.5, 0.6) is 5.75 Å². The lowest BCUT2D eigenvalue weighted by atomic mass is 10.0. The number of nitrogens with zero attached hydrogens (tertiary/aromatic N) is 1. The standard InChI is InChI=1S/C33H46N6O8S/c1-20-17-27(47-4)21(2)22(3)30(20)48(45,46)38-25(19-28(40)36-14-8-9-29(41)42)32(43)37-26(33(44)39-15-6-5-7-16-39)18-23-10-12-24(13-11-23)31(34)35/h10-13,17,25-26,38H,5-9,14-16,18-19H2,1-4H3,(H3,34,35)(H,36,40)(H,37,43)(H,41,42)/t25?,26-/m1/s1. The lowest BCUT2D eigenvalue weighted by molar-refractivity contribution is -0.138. The highest BCUT2D eigenvalue weighted by Crippen LogP contribution is 2.30. The zero-order valence-corrected chi connectivity index (χ0v) is 28.7. The van der Waals surface area contributed by atoms with Crippen LogP contribution in [0.25, 0.3) is 0 Å². The van der Waals surface area contributed by atoms with Crippen LogP contribution in [0, 0.1) is 26.2 Å². The molecule has 0 aliphatic carbocycles. The van der Waals surface area contributed by atoms with Gasteiger partial charge in [0.1, 0.15) is 23.7 Å². The molecule has 1 heterocycles. The number of benzene rings is 2. The number of ether oxygens (including phenoxy) is 1. The van der Waals surface area contributed by atoms with E-state index in [0.717, 1.165) is 19.3 Å². The molecule has 1 fully saturated rings. The first kappa shape index (κ1) is 38.0. The molecule has 1 unspecified atom stereocenters. The maximum Gasteiger partial charge on any atom is 0.303 e. The number of hydrogen-bond donors (Lipinski definition) is 6. The van der Waals surface area contributed by atoms with Crippen molar-refractivity contribution in [2.45, 2.75) is 82.7 Å². The molecule has 1 saturated heterocycles. The Labute approximate surface area is 281 Å². The van der Waals surface area contributed by atoms with Crippen LogP contribution in [0.3, 0.4) is 0 Å². The van der Waals surface area contributed by atoms with Crippen LogP contribution in [0.15, 0.2) is 35.2 Å². The number of nitrogens with two attached hydrogens (primary N) is 1. The number of carboxylic acid groups (broad SMARTS) is 1. The summed E-state index contributed by atoms with van der Waals surface area (Å²) in [6, 6.07) is 5.53. The third-order valence-electron chi connectivity index (χ3n) is 8.35. The van der Waals surface area contributed by atoms with E-state index in [-0.39, 0.29) is 42.4 Å². The van der Waals surface area contributed by atoms with Gasteiger partial charge < -0.3 is 31.1 Å². The number of aliphatic carboxylic acids is 1. The molecule has 2 atom stereocenters. The number of likely N-dealkylation sites (tertiary alicyclic amines) is 1. The van der Waals surface area contributed by atoms with Gasteiger partial charge in [0, 0.05) is 38.0 Å². The largest absolute Gasteiger partial charge is 0.496 e. The molecule has 3 rings (SSSR count). The summed E-state index contributed by atoms with van der Waals surface area (Å²) in [6.45, 7) is 5.96. The van der Waals surface area contributed by atoms with E-state index in [2.05, 4.69) is 15.4 Å². The highest BCUT2D eigenvalue weighted by molar-refractivity contribution is 7.89. The molecule has 15 heteroatoms. The molecule has 0 radical (unpaired) electrons. The summed E-state index contributed by atoms with van der Waals surface area (Å²) in [5.41, 5.74) is 8.10. The zero-order valence-electron chi connectivity index (χ0n) is 27.9. The monoisotopic (exact) mass is 686 g/mol. The van der Waals surface area contributed by atoms with E-state index in [1.165, 1.54) is 7.11 Å². The first-order valence-corrected chi connectivity index (χ1v) is 17.3. The van der Waals surface area contributed by atoms with Crippen LogP contribution in [0.1, 0.15) is 66.3 Å². The van der Waals surface area contributed by atoms with Crippen LogP contribution in [-0.2, 0) is 35.6 Å². The predicted octanol–water partition coefficient (Wildman–Crippen LogP) is 1.66. The van der Waals surface area contributed by atoms with Crippen molar-refractivity contribution in [2.24, 2.45) is 5.73 Å². The van der Waals surface area contributed by atoms with Crippen LogP contribution in [0.4, 0.5) is 0 Å². The van der Waals surface area contributed by atoms with Gasteiger partial charge in [-0.1, -0.05) is 24.3 Å². The number of hydrogen-bond acceptors (Lipinski definition) is 8. The molecule has 0 bridgehead atoms. The summed E-state index contributed by atoms with van der Waals surface area (Å²) in [6.07, 6.45) is 2.01. The molecular weight excluding hydrogens is 640 g/mol. The summed E-state index contributed by atoms with van der Waals surface area (Å²) >= 11 is 0. The van der Waals surface area contributed by atoms with Gasteiger partial charge in [-0.25, -0.2) is 8.42 Å². The molecule has 1 aliphatic heterocycles. The van der Waals surface area contributed by atoms with E-state index in [0.29, 0.717) is 46.7 Å². The second kappa shape index (κ2) is 17.1. The molecule has 2 aromatic carbocycles. The Kier molecular flexibility index (Phi) is 13.5. The average molecular weight is 687 g/mol. The fourth-order valence-electron chi connectivity index (χ4n) is 5.67. The number of carbonyl (C=O) groups excluding carboxylic acids is 3. The number of piperidine rings is 1. The van der Waals surface area contributed by atoms with Gasteiger partial charge in [0.05, 0.1) is 18.4 Å². The smallest absolute Gasteiger partial charge is 0.303 e. The van der Waals surface area contributed by atoms with E-state index in [1.54, 1.807) is 56.0 Å². The average Bonchev–Trinajstić information content (AvgIpc) is 3.04. The van der Waals surface area contributed by atoms with Gasteiger partial charge in [-0.05, 0) is 74.8 Å². The van der Waals surface area contributed by atoms with Crippen molar-refractivity contribution < 1.29 is 37.4 Å². The Morgan fingerprint density at radius 1 is 1.02 bits per heavy atom. The molecule has 0 spiro atoms. The molecule has 0 saturated carbocycles. The number of amides is 3. The number of amidine groups is 1. The molecule has 14 nitrogen and oxygen atoms in total. The van der Waals surface area contributed by atoms with Crippen molar-refractivity contribution in [3.05, 3.63) is 58.1 Å². The van der Waals surface area contributed by atoms with E-state index >= 15 is 0 Å². The second-order valence-electron chi connectivity index (χ2n) is 12.0. The van der Waals surface area contributed by atoms with Gasteiger partial charge >= 0.3 is 5.97 Å². The van der Waals surface area contributed by atoms with Crippen molar-refractivity contribution in [3.63, 3.8) is 0 Å². The molecular formula is C33H46N6O8S. The summed E-state index contributed by atoms with van der Waals surface area (Å²) in [5.74, 6) is -2.55. The van der Waals surface area contributed by atoms with Crippen LogP contribution in [-0.4, -0.2) is 86.8 Å². The molecule has 3 amide bonds. The summed E-state index contributed by atoms with van der Waals surface area (Å²) < 4.78 is 35.5. The number of sulfonamides is 1. The molecule has 0 aromatic heterocycles. The Morgan fingerprint density at radius 3 is 2.25 bits per heavy atom. The van der Waals surface area contributed by atoms with Crippen LogP contribution >= 0.6 is 0 Å². The van der Waals surface area contributed by atoms with E-state index in [4.69, 9.17) is 21.0 Å². The third kappa shape index (κ3) is 10.2. The van der Waals surface area contributed by atoms with Gasteiger partial charge in [0.2, 0.25) is 27.7 Å². The lowest BCUT2D eigenvalue weighted by Crippen LogP contribution is -2.56. The van der Waals surface area contributed by atoms with Crippen molar-refractivity contribution in [2.75, 3.05) is 26.7 Å². The zero-order chi connectivity index (χ0) is 35.6. The van der Waals surface area contributed by atoms with Gasteiger partial charge in [0.25, 0.3) is 0 Å². The lowest BCUT2D eigenvalue weighted by Gasteiger charge is -2.31. The summed E-state index contributed by atoms with van der Waals surface area (Å²) in [7, 11) is -2.92. The van der Waals surface area contributed by atoms with Gasteiger partial charge in [-0.3, -0.25) is 24.6 Å². The van der Waals surface area contributed by atoms with Gasteiger partial charge in [0.15, 0.2) is 0 Å². The van der Waals surface area contributed by atoms with Crippen LogP contribution < -0.4 is 25.8 Å². The summed E-state index contributed by atoms with van der Waals surface area (Å²) in [4.78, 5) is 53.1. The highest BCUT2D eigenvalue weighted by atomic mass is 32.2. The number of nitrogens with one attached hydrogen (secondary N) is 4. The minimum Gasteiger partial charge on any atom is -0.496 e. The van der Waals surface area contributed by atoms with Gasteiger partial charge in [-0.15, -0.1) is 0 Å². The van der Waals surface area contributed by atoms with E-state index in [9.17, 15) is 27.6 Å². The first-order chi connectivity index (χ1) is 22.6. The fraction of sp³-hybridized carbons (Fsp3) is 0.485. The third-order valence-corrected chi connectivity index (χ3v) is 10.1. The quantitative estimate of drug-likeness (QED) is 0.0858. The van der Waals surface area contributed by atoms with Crippen molar-refractivity contribution >= 4 is 39.5 Å². The summed E-state index contributed by atoms with van der Waals surface area (Å²) in [5, 5.41) is 21.8. The molecule has 2 aromatic rings. The van der Waals surface area contributed by atoms with Gasteiger partial charge in [-0.2, -0.15) is 4.72 Å². The van der Waals surface area contributed by atoms with E-state index < -0.39 is 46.3 Å². The predicted molar refractivity (Wildman–Crippen MR) is 179 cm³/mol. The number of nitrogen functional groups attached to an aromatic ring is 1. The topological polar surface area (TPSA) is 221 Å². The molecule has 262 valence electrons. The number of rotatable bonds is 16. The number of carboxylic acids is 1. The normalized spacial score (nSPS) is 14.5. The SMILES string of the molecule is COc1cc(C)c(S(=O)(=O)NC(CC(=O)NCCCC(=O)O)C(=O)N[C@H](Cc2ccc(C(=N)N)cc2)C(=O)N2CCCCC2)c(C)c1C. The number of carbonyl (C=O) groups is 4. The minimum atomic E-state index is -4.40. The molecule has 48 heavy (non-hydrogen) atoms. The van der Waals surface area contributed by atoms with Crippen molar-refractivity contribution in [3.8, 4) is 5.75 Å². The highest BCUT2D eigenvalue weighted by Gasteiger charge is 2.34. The van der Waals surface area contributed by atoms with Crippen LogP contribution in [0.2, 0.25) is 0 Å². The Balaban J connectivity index is 1.95.